The fourth-order valence-electron chi connectivity index (χ4n) is 2.76. The maximum atomic E-state index is 12.9. The molecule has 0 amide bonds. The third-order valence-corrected chi connectivity index (χ3v) is 6.52. The van der Waals surface area contributed by atoms with E-state index in [1.807, 2.05) is 56.3 Å². The smallest absolute Gasteiger partial charge is 0.297 e. The number of hydrogen-bond acceptors (Lipinski definition) is 4. The van der Waals surface area contributed by atoms with Gasteiger partial charge in [-0.05, 0) is 57.1 Å². The van der Waals surface area contributed by atoms with Gasteiger partial charge < -0.3 is 0 Å². The van der Waals surface area contributed by atoms with Crippen molar-refractivity contribution in [3.8, 4) is 0 Å². The number of rotatable bonds is 10. The van der Waals surface area contributed by atoms with Crippen molar-refractivity contribution in [2.45, 2.75) is 26.2 Å². The summed E-state index contributed by atoms with van der Waals surface area (Å²) in [6.45, 7) is 4.83. The Hall–Kier alpha value is -1.23. The van der Waals surface area contributed by atoms with Crippen LogP contribution in [0, 0.1) is 0 Å². The molecule has 0 saturated heterocycles. The molecule has 142 valence electrons. The first-order valence-corrected chi connectivity index (χ1v) is 10.6. The minimum Gasteiger partial charge on any atom is -0.297 e. The Balaban J connectivity index is 2.19. The van der Waals surface area contributed by atoms with Gasteiger partial charge in [0.25, 0.3) is 0 Å². The third kappa shape index (κ3) is 5.63. The lowest BCUT2D eigenvalue weighted by atomic mass is 9.92. The summed E-state index contributed by atoms with van der Waals surface area (Å²) >= 11 is 6.03. The van der Waals surface area contributed by atoms with Gasteiger partial charge in [-0.1, -0.05) is 29.8 Å². The van der Waals surface area contributed by atoms with Gasteiger partial charge in [-0.2, -0.15) is 0 Å². The van der Waals surface area contributed by atoms with Crippen LogP contribution in [0.4, 0.5) is 0 Å². The van der Waals surface area contributed by atoms with Crippen LogP contribution in [0.5, 0.6) is 0 Å². The summed E-state index contributed by atoms with van der Waals surface area (Å²) in [5, 5.41) is 0.697. The highest BCUT2D eigenvalue weighted by atomic mass is 35.5. The SMILES string of the molecule is CCOP(=O)(OCC)N(C)CCC(c1ccc(Cl)cc1)c1ccccn1. The quantitative estimate of drug-likeness (QED) is 0.505. The molecule has 0 spiro atoms. The molecule has 1 unspecified atom stereocenters. The lowest BCUT2D eigenvalue weighted by Crippen LogP contribution is -2.22. The highest BCUT2D eigenvalue weighted by Gasteiger charge is 2.30. The van der Waals surface area contributed by atoms with Crippen molar-refractivity contribution in [3.05, 3.63) is 64.9 Å². The summed E-state index contributed by atoms with van der Waals surface area (Å²) in [7, 11) is -1.50. The van der Waals surface area contributed by atoms with E-state index in [0.717, 1.165) is 17.7 Å². The summed E-state index contributed by atoms with van der Waals surface area (Å²) in [6.07, 6.45) is 2.51. The molecule has 1 aromatic carbocycles. The second kappa shape index (κ2) is 10.2. The first-order valence-electron chi connectivity index (χ1n) is 8.77. The number of benzene rings is 1. The van der Waals surface area contributed by atoms with Crippen LogP contribution in [0.2, 0.25) is 5.02 Å². The Morgan fingerprint density at radius 2 is 1.77 bits per heavy atom. The minimum atomic E-state index is -3.27. The Labute approximate surface area is 160 Å². The van der Waals surface area contributed by atoms with Gasteiger partial charge in [0.05, 0.1) is 13.2 Å². The van der Waals surface area contributed by atoms with Crippen LogP contribution >= 0.6 is 19.3 Å². The topological polar surface area (TPSA) is 51.7 Å². The second-order valence-electron chi connectivity index (χ2n) is 5.83. The lowest BCUT2D eigenvalue weighted by Gasteiger charge is -2.27. The zero-order valence-electron chi connectivity index (χ0n) is 15.5. The van der Waals surface area contributed by atoms with Crippen molar-refractivity contribution >= 4 is 19.3 Å². The van der Waals surface area contributed by atoms with Crippen molar-refractivity contribution in [3.63, 3.8) is 0 Å². The maximum absolute atomic E-state index is 12.9. The van der Waals surface area contributed by atoms with Gasteiger partial charge in [0, 0.05) is 29.4 Å². The molecular formula is C19H26ClN2O3P. The molecule has 0 N–H and O–H groups in total. The number of nitrogens with zero attached hydrogens (tertiary/aromatic N) is 2. The van der Waals surface area contributed by atoms with Gasteiger partial charge in [-0.15, -0.1) is 0 Å². The first kappa shape index (κ1) is 21.1. The largest absolute Gasteiger partial charge is 0.407 e. The monoisotopic (exact) mass is 396 g/mol. The normalized spacial score (nSPS) is 13.1. The van der Waals surface area contributed by atoms with Crippen LogP contribution in [0.1, 0.15) is 37.4 Å². The van der Waals surface area contributed by atoms with Crippen molar-refractivity contribution in [2.24, 2.45) is 0 Å². The molecule has 5 nitrogen and oxygen atoms in total. The second-order valence-corrected chi connectivity index (χ2v) is 8.41. The molecule has 26 heavy (non-hydrogen) atoms. The van der Waals surface area contributed by atoms with E-state index >= 15 is 0 Å². The van der Waals surface area contributed by atoms with E-state index in [1.165, 1.54) is 0 Å². The van der Waals surface area contributed by atoms with E-state index in [-0.39, 0.29) is 5.92 Å². The maximum Gasteiger partial charge on any atom is 0.407 e. The average molecular weight is 397 g/mol. The van der Waals surface area contributed by atoms with Crippen LogP contribution in [-0.2, 0) is 13.6 Å². The molecule has 2 rings (SSSR count). The van der Waals surface area contributed by atoms with Crippen LogP contribution in [-0.4, -0.2) is 36.5 Å². The Morgan fingerprint density at radius 1 is 1.12 bits per heavy atom. The molecule has 1 atom stereocenters. The molecule has 1 heterocycles. The number of aromatic nitrogens is 1. The molecule has 0 radical (unpaired) electrons. The van der Waals surface area contributed by atoms with Crippen molar-refractivity contribution in [1.82, 2.24) is 9.65 Å². The van der Waals surface area contributed by atoms with E-state index in [0.29, 0.717) is 24.8 Å². The molecule has 2 aromatic rings. The van der Waals surface area contributed by atoms with Gasteiger partial charge in [0.2, 0.25) is 0 Å². The van der Waals surface area contributed by atoms with E-state index in [2.05, 4.69) is 4.98 Å². The summed E-state index contributed by atoms with van der Waals surface area (Å²) in [5.74, 6) is 0.0626. The first-order chi connectivity index (χ1) is 12.5. The zero-order valence-corrected chi connectivity index (χ0v) is 17.1. The molecule has 0 aliphatic rings. The van der Waals surface area contributed by atoms with Gasteiger partial charge in [0.15, 0.2) is 0 Å². The highest BCUT2D eigenvalue weighted by Crippen LogP contribution is 2.51. The average Bonchev–Trinajstić information content (AvgIpc) is 2.64. The Kier molecular flexibility index (Phi) is 8.26. The fourth-order valence-corrected chi connectivity index (χ4v) is 4.37. The number of pyridine rings is 1. The van der Waals surface area contributed by atoms with Crippen LogP contribution in [0.3, 0.4) is 0 Å². The van der Waals surface area contributed by atoms with Gasteiger partial charge in [-0.3, -0.25) is 14.0 Å². The van der Waals surface area contributed by atoms with E-state index in [4.69, 9.17) is 20.6 Å². The molecule has 0 aliphatic heterocycles. The van der Waals surface area contributed by atoms with Gasteiger partial charge in [-0.25, -0.2) is 9.24 Å². The molecule has 0 fully saturated rings. The molecule has 0 saturated carbocycles. The summed E-state index contributed by atoms with van der Waals surface area (Å²) < 4.78 is 25.4. The predicted octanol–water partition coefficient (Wildman–Crippen LogP) is 5.37. The Bertz CT molecular complexity index is 702. The standard InChI is InChI=1S/C19H26ClN2O3P/c1-4-24-26(23,25-5-2)22(3)15-13-18(19-8-6-7-14-21-19)16-9-11-17(20)12-10-16/h6-12,14,18H,4-5,13,15H2,1-3H3. The number of hydrogen-bond donors (Lipinski definition) is 0. The van der Waals surface area contributed by atoms with Crippen molar-refractivity contribution in [2.75, 3.05) is 26.8 Å². The molecular weight excluding hydrogens is 371 g/mol. The van der Waals surface area contributed by atoms with Crippen LogP contribution in [0.25, 0.3) is 0 Å². The van der Waals surface area contributed by atoms with E-state index in [9.17, 15) is 4.57 Å². The Morgan fingerprint density at radius 3 is 2.31 bits per heavy atom. The van der Waals surface area contributed by atoms with E-state index < -0.39 is 7.75 Å². The van der Waals surface area contributed by atoms with E-state index in [1.54, 1.807) is 17.9 Å². The summed E-state index contributed by atoms with van der Waals surface area (Å²) in [5.41, 5.74) is 2.08. The zero-order chi connectivity index (χ0) is 19.0. The lowest BCUT2D eigenvalue weighted by molar-refractivity contribution is 0.175. The number of halogens is 1. The fraction of sp³-hybridized carbons (Fsp3) is 0.421. The predicted molar refractivity (Wildman–Crippen MR) is 106 cm³/mol. The third-order valence-electron chi connectivity index (χ3n) is 4.06. The molecule has 7 heteroatoms. The van der Waals surface area contributed by atoms with Crippen LogP contribution < -0.4 is 0 Å². The minimum absolute atomic E-state index is 0.0626. The summed E-state index contributed by atoms with van der Waals surface area (Å²) in [6, 6.07) is 13.6. The van der Waals surface area contributed by atoms with Gasteiger partial charge in [0.1, 0.15) is 0 Å². The van der Waals surface area contributed by atoms with Crippen molar-refractivity contribution in [1.29, 1.82) is 0 Å². The summed E-state index contributed by atoms with van der Waals surface area (Å²) in [4.78, 5) is 4.51. The highest BCUT2D eigenvalue weighted by molar-refractivity contribution is 7.51. The molecule has 0 aliphatic carbocycles. The molecule has 1 aromatic heterocycles. The van der Waals surface area contributed by atoms with Crippen LogP contribution in [0.15, 0.2) is 48.7 Å². The van der Waals surface area contributed by atoms with Gasteiger partial charge >= 0.3 is 7.75 Å². The molecule has 0 bridgehead atoms. The van der Waals surface area contributed by atoms with Crippen molar-refractivity contribution < 1.29 is 13.6 Å².